The molecule has 0 spiro atoms. The van der Waals surface area contributed by atoms with Crippen molar-refractivity contribution < 1.29 is 0 Å². The van der Waals surface area contributed by atoms with Crippen LogP contribution in [0.1, 0.15) is 11.5 Å². The summed E-state index contributed by atoms with van der Waals surface area (Å²) in [6, 6.07) is 8.72. The molecule has 2 heteroatoms. The van der Waals surface area contributed by atoms with E-state index < -0.39 is 0 Å². The largest absolute Gasteiger partial charge is 0.367 e. The molecule has 0 aliphatic carbocycles. The fourth-order valence-corrected chi connectivity index (χ4v) is 2.80. The number of hydrogen-bond donors (Lipinski definition) is 0. The van der Waals surface area contributed by atoms with Crippen molar-refractivity contribution in [3.8, 4) is 0 Å². The molecule has 2 rings (SSSR count). The summed E-state index contributed by atoms with van der Waals surface area (Å²) in [7, 11) is 0. The van der Waals surface area contributed by atoms with Gasteiger partial charge in [-0.1, -0.05) is 46.9 Å². The van der Waals surface area contributed by atoms with Crippen LogP contribution in [-0.2, 0) is 0 Å². The predicted molar refractivity (Wildman–Crippen MR) is 70.5 cm³/mol. The summed E-state index contributed by atoms with van der Waals surface area (Å²) in [4.78, 5) is 2.41. The predicted octanol–water partition coefficient (Wildman–Crippen LogP) is 3.21. The molecule has 14 heavy (non-hydrogen) atoms. The first-order valence-corrected chi connectivity index (χ1v) is 6.40. The zero-order valence-electron chi connectivity index (χ0n) is 8.12. The summed E-state index contributed by atoms with van der Waals surface area (Å²) in [5.41, 5.74) is 2.90. The number of para-hydroxylation sites is 1. The molecule has 0 saturated heterocycles. The minimum atomic E-state index is 0.701. The van der Waals surface area contributed by atoms with Crippen LogP contribution in [0.4, 0.5) is 5.69 Å². The van der Waals surface area contributed by atoms with Gasteiger partial charge < -0.3 is 4.90 Å². The second kappa shape index (κ2) is 4.34. The van der Waals surface area contributed by atoms with Gasteiger partial charge in [-0.15, -0.1) is 6.58 Å². The van der Waals surface area contributed by atoms with Crippen molar-refractivity contribution in [2.75, 3.05) is 22.4 Å². The van der Waals surface area contributed by atoms with Gasteiger partial charge in [-0.3, -0.25) is 0 Å². The zero-order chi connectivity index (χ0) is 9.97. The van der Waals surface area contributed by atoms with Crippen LogP contribution in [0.3, 0.4) is 0 Å². The molecule has 1 aromatic carbocycles. The zero-order valence-corrected chi connectivity index (χ0v) is 10.3. The maximum absolute atomic E-state index is 3.80. The van der Waals surface area contributed by atoms with Gasteiger partial charge in [-0.05, 0) is 11.6 Å². The Morgan fingerprint density at radius 2 is 2.29 bits per heavy atom. The molecule has 1 aromatic rings. The minimum Gasteiger partial charge on any atom is -0.367 e. The van der Waals surface area contributed by atoms with E-state index >= 15 is 0 Å². The molecule has 1 aliphatic rings. The monoisotopic (exact) mass is 299 g/mol. The van der Waals surface area contributed by atoms with Crippen LogP contribution < -0.4 is 4.90 Å². The third-order valence-corrected chi connectivity index (χ3v) is 3.76. The average molecular weight is 299 g/mol. The maximum atomic E-state index is 3.80. The molecular formula is C12H14IN. The summed E-state index contributed by atoms with van der Waals surface area (Å²) in [5.74, 6) is 0.701. The molecule has 0 bridgehead atoms. The number of hydrogen-bond acceptors (Lipinski definition) is 1. The van der Waals surface area contributed by atoms with Crippen LogP contribution in [0.25, 0.3) is 0 Å². The highest BCUT2D eigenvalue weighted by molar-refractivity contribution is 14.1. The van der Waals surface area contributed by atoms with E-state index in [1.54, 1.807) is 0 Å². The Labute approximate surface area is 98.9 Å². The SMILES string of the molecule is C=CCN1CC(CI)c2ccccc21. The number of rotatable bonds is 3. The molecular weight excluding hydrogens is 285 g/mol. The molecule has 1 nitrogen and oxygen atoms in total. The van der Waals surface area contributed by atoms with E-state index in [0.717, 1.165) is 13.1 Å². The number of nitrogens with zero attached hydrogens (tertiary/aromatic N) is 1. The molecule has 0 radical (unpaired) electrons. The van der Waals surface area contributed by atoms with Gasteiger partial charge in [0.2, 0.25) is 0 Å². The van der Waals surface area contributed by atoms with Gasteiger partial charge in [0.1, 0.15) is 0 Å². The highest BCUT2D eigenvalue weighted by Crippen LogP contribution is 2.36. The number of alkyl halides is 1. The molecule has 0 saturated carbocycles. The fraction of sp³-hybridized carbons (Fsp3) is 0.333. The van der Waals surface area contributed by atoms with Gasteiger partial charge in [0, 0.05) is 29.1 Å². The van der Waals surface area contributed by atoms with Crippen LogP contribution in [0.15, 0.2) is 36.9 Å². The van der Waals surface area contributed by atoms with Crippen molar-refractivity contribution in [3.63, 3.8) is 0 Å². The van der Waals surface area contributed by atoms with E-state index in [9.17, 15) is 0 Å². The van der Waals surface area contributed by atoms with Gasteiger partial charge >= 0.3 is 0 Å². The Morgan fingerprint density at radius 1 is 1.50 bits per heavy atom. The Hall–Kier alpha value is -0.510. The third-order valence-electron chi connectivity index (χ3n) is 2.69. The Morgan fingerprint density at radius 3 is 3.00 bits per heavy atom. The Bertz CT molecular complexity index is 335. The van der Waals surface area contributed by atoms with Crippen LogP contribution >= 0.6 is 22.6 Å². The molecule has 1 atom stereocenters. The van der Waals surface area contributed by atoms with Gasteiger partial charge in [0.15, 0.2) is 0 Å². The van der Waals surface area contributed by atoms with E-state index in [1.807, 2.05) is 6.08 Å². The molecule has 1 heterocycles. The summed E-state index contributed by atoms with van der Waals surface area (Å²) < 4.78 is 1.20. The van der Waals surface area contributed by atoms with Crippen molar-refractivity contribution in [2.45, 2.75) is 5.92 Å². The lowest BCUT2D eigenvalue weighted by Crippen LogP contribution is -2.21. The van der Waals surface area contributed by atoms with Gasteiger partial charge in [-0.2, -0.15) is 0 Å². The quantitative estimate of drug-likeness (QED) is 0.470. The molecule has 0 N–H and O–H groups in total. The number of anilines is 1. The molecule has 0 amide bonds. The summed E-state index contributed by atoms with van der Waals surface area (Å²) >= 11 is 2.47. The second-order valence-electron chi connectivity index (χ2n) is 3.60. The van der Waals surface area contributed by atoms with Gasteiger partial charge in [-0.25, -0.2) is 0 Å². The standard InChI is InChI=1S/C12H14IN/c1-2-7-14-9-10(8-13)11-5-3-4-6-12(11)14/h2-6,10H,1,7-9H2. The first kappa shape index (κ1) is 10.0. The Balaban J connectivity index is 2.33. The summed E-state index contributed by atoms with van der Waals surface area (Å²) in [5, 5.41) is 0. The van der Waals surface area contributed by atoms with E-state index in [2.05, 4.69) is 58.3 Å². The smallest absolute Gasteiger partial charge is 0.0405 e. The summed E-state index contributed by atoms with van der Waals surface area (Å²) in [6.45, 7) is 5.91. The van der Waals surface area contributed by atoms with Crippen molar-refractivity contribution in [3.05, 3.63) is 42.5 Å². The topological polar surface area (TPSA) is 3.24 Å². The lowest BCUT2D eigenvalue weighted by molar-refractivity contribution is 0.794. The number of halogens is 1. The normalized spacial score (nSPS) is 19.5. The van der Waals surface area contributed by atoms with Crippen LogP contribution in [0, 0.1) is 0 Å². The van der Waals surface area contributed by atoms with E-state index in [4.69, 9.17) is 0 Å². The van der Waals surface area contributed by atoms with E-state index in [-0.39, 0.29) is 0 Å². The van der Waals surface area contributed by atoms with Crippen molar-refractivity contribution in [1.29, 1.82) is 0 Å². The number of benzene rings is 1. The van der Waals surface area contributed by atoms with E-state index in [1.165, 1.54) is 15.7 Å². The lowest BCUT2D eigenvalue weighted by atomic mass is 10.0. The molecule has 1 unspecified atom stereocenters. The van der Waals surface area contributed by atoms with Crippen molar-refractivity contribution >= 4 is 28.3 Å². The average Bonchev–Trinajstić information content (AvgIpc) is 2.58. The molecule has 0 aromatic heterocycles. The molecule has 74 valence electrons. The van der Waals surface area contributed by atoms with Crippen LogP contribution in [0.5, 0.6) is 0 Å². The Kier molecular flexibility index (Phi) is 3.11. The first-order valence-electron chi connectivity index (χ1n) is 4.87. The van der Waals surface area contributed by atoms with Crippen molar-refractivity contribution in [2.24, 2.45) is 0 Å². The van der Waals surface area contributed by atoms with Gasteiger partial charge in [0.05, 0.1) is 0 Å². The minimum absolute atomic E-state index is 0.701. The maximum Gasteiger partial charge on any atom is 0.0405 e. The lowest BCUT2D eigenvalue weighted by Gasteiger charge is -2.16. The number of fused-ring (bicyclic) bond motifs is 1. The molecule has 1 aliphatic heterocycles. The van der Waals surface area contributed by atoms with Crippen LogP contribution in [0.2, 0.25) is 0 Å². The molecule has 0 fully saturated rings. The fourth-order valence-electron chi connectivity index (χ4n) is 2.04. The van der Waals surface area contributed by atoms with Gasteiger partial charge in [0.25, 0.3) is 0 Å². The highest BCUT2D eigenvalue weighted by Gasteiger charge is 2.26. The van der Waals surface area contributed by atoms with E-state index in [0.29, 0.717) is 5.92 Å². The van der Waals surface area contributed by atoms with Crippen LogP contribution in [-0.4, -0.2) is 17.5 Å². The third kappa shape index (κ3) is 1.67. The van der Waals surface area contributed by atoms with Crippen molar-refractivity contribution in [1.82, 2.24) is 0 Å². The summed E-state index contributed by atoms with van der Waals surface area (Å²) in [6.07, 6.45) is 1.98. The second-order valence-corrected chi connectivity index (χ2v) is 4.48. The first-order chi connectivity index (χ1) is 6.86. The highest BCUT2D eigenvalue weighted by atomic mass is 127.